The van der Waals surface area contributed by atoms with Gasteiger partial charge < -0.3 is 4.74 Å². The molecule has 0 aliphatic rings. The summed E-state index contributed by atoms with van der Waals surface area (Å²) in [5, 5.41) is 0. The molecule has 100 valence electrons. The lowest BCUT2D eigenvalue weighted by molar-refractivity contribution is 0.0921. The first kappa shape index (κ1) is 14.3. The first-order valence-corrected chi connectivity index (χ1v) is 6.91. The summed E-state index contributed by atoms with van der Waals surface area (Å²) in [6.45, 7) is 1.56. The molecule has 0 N–H and O–H groups in total. The molecule has 0 radical (unpaired) electrons. The van der Waals surface area contributed by atoms with E-state index < -0.39 is 5.82 Å². The Balaban J connectivity index is 2.08. The summed E-state index contributed by atoms with van der Waals surface area (Å²) in [5.74, 6) is -0.368. The van der Waals surface area contributed by atoms with Crippen molar-refractivity contribution in [2.75, 3.05) is 6.61 Å². The van der Waals surface area contributed by atoms with Crippen LogP contribution in [0.5, 0.6) is 5.75 Å². The van der Waals surface area contributed by atoms with Gasteiger partial charge in [0.15, 0.2) is 6.61 Å². The van der Waals surface area contributed by atoms with Gasteiger partial charge in [0.2, 0.25) is 5.78 Å². The van der Waals surface area contributed by atoms with Crippen LogP contribution in [0.3, 0.4) is 0 Å². The van der Waals surface area contributed by atoms with Crippen molar-refractivity contribution in [2.24, 2.45) is 0 Å². The summed E-state index contributed by atoms with van der Waals surface area (Å²) in [5.41, 5.74) is 1.08. The highest BCUT2D eigenvalue weighted by molar-refractivity contribution is 7.20. The Morgan fingerprint density at radius 2 is 2.11 bits per heavy atom. The maximum Gasteiger partial charge on any atom is 0.202 e. The van der Waals surface area contributed by atoms with Crippen molar-refractivity contribution >= 4 is 40.3 Å². The number of hydrogen-bond acceptors (Lipinski definition) is 3. The third kappa shape index (κ3) is 3.47. The number of carbonyl (C=O) groups is 1. The molecular weight excluding hydrogens is 310 g/mol. The van der Waals surface area contributed by atoms with Crippen molar-refractivity contribution in [1.82, 2.24) is 0 Å². The number of carbonyl (C=O) groups excluding carboxylic acids is 1. The second kappa shape index (κ2) is 5.90. The minimum absolute atomic E-state index is 0.211. The largest absolute Gasteiger partial charge is 0.485 e. The average molecular weight is 319 g/mol. The summed E-state index contributed by atoms with van der Waals surface area (Å²) < 4.78 is 19.1. The van der Waals surface area contributed by atoms with E-state index in [2.05, 4.69) is 0 Å². The Labute approximate surface area is 123 Å². The fourth-order valence-corrected chi connectivity index (χ4v) is 2.98. The zero-order valence-corrected chi connectivity index (χ0v) is 12.2. The molecule has 0 bridgehead atoms. The van der Waals surface area contributed by atoms with Crippen molar-refractivity contribution in [1.29, 1.82) is 0 Å². The van der Waals surface area contributed by atoms with E-state index in [0.29, 0.717) is 20.0 Å². The molecule has 2 aromatic rings. The third-order valence-corrected chi connectivity index (χ3v) is 3.95. The van der Waals surface area contributed by atoms with E-state index in [4.69, 9.17) is 27.9 Å². The molecule has 0 atom stereocenters. The molecule has 2 nitrogen and oxygen atoms in total. The van der Waals surface area contributed by atoms with Crippen molar-refractivity contribution in [3.05, 3.63) is 49.9 Å². The van der Waals surface area contributed by atoms with E-state index in [1.165, 1.54) is 18.2 Å². The first-order chi connectivity index (χ1) is 8.97. The van der Waals surface area contributed by atoms with Gasteiger partial charge in [-0.3, -0.25) is 4.79 Å². The molecule has 0 aliphatic carbocycles. The molecule has 0 spiro atoms. The van der Waals surface area contributed by atoms with E-state index >= 15 is 0 Å². The Bertz CT molecular complexity index is 625. The predicted octanol–water partition coefficient (Wildman–Crippen LogP) is 4.76. The summed E-state index contributed by atoms with van der Waals surface area (Å²) in [4.78, 5) is 11.9. The Morgan fingerprint density at radius 3 is 2.74 bits per heavy atom. The summed E-state index contributed by atoms with van der Waals surface area (Å²) >= 11 is 12.8. The topological polar surface area (TPSA) is 26.3 Å². The average Bonchev–Trinajstić information content (AvgIpc) is 2.69. The smallest absolute Gasteiger partial charge is 0.202 e. The highest BCUT2D eigenvalue weighted by atomic mass is 35.5. The molecule has 0 saturated carbocycles. The lowest BCUT2D eigenvalue weighted by atomic mass is 10.2. The monoisotopic (exact) mass is 318 g/mol. The normalized spacial score (nSPS) is 10.5. The second-order valence-electron chi connectivity index (χ2n) is 3.86. The van der Waals surface area contributed by atoms with Crippen LogP contribution < -0.4 is 4.74 Å². The van der Waals surface area contributed by atoms with Gasteiger partial charge in [0.05, 0.1) is 9.90 Å². The van der Waals surface area contributed by atoms with E-state index in [0.717, 1.165) is 16.9 Å². The first-order valence-electron chi connectivity index (χ1n) is 5.34. The molecule has 1 aromatic carbocycles. The molecular formula is C13H9Cl2FO2S. The van der Waals surface area contributed by atoms with Crippen LogP contribution in [0.4, 0.5) is 4.39 Å². The predicted molar refractivity (Wildman–Crippen MR) is 75.3 cm³/mol. The van der Waals surface area contributed by atoms with Crippen LogP contribution in [-0.4, -0.2) is 12.4 Å². The standard InChI is InChI=1S/C13H9Cl2FO2S/c1-7-2-3-8(16)4-11(7)18-6-10(17)9-5-12(14)19-13(9)15/h2-5H,6H2,1H3. The van der Waals surface area contributed by atoms with Gasteiger partial charge in [-0.05, 0) is 24.6 Å². The zero-order chi connectivity index (χ0) is 14.0. The van der Waals surface area contributed by atoms with Gasteiger partial charge in [-0.2, -0.15) is 0 Å². The van der Waals surface area contributed by atoms with Gasteiger partial charge in [0.25, 0.3) is 0 Å². The Hall–Kier alpha value is -1.10. The number of halogens is 3. The van der Waals surface area contributed by atoms with Gasteiger partial charge in [-0.1, -0.05) is 29.3 Å². The molecule has 0 aliphatic heterocycles. The number of rotatable bonds is 4. The Kier molecular flexibility index (Phi) is 4.45. The highest BCUT2D eigenvalue weighted by Crippen LogP contribution is 2.31. The van der Waals surface area contributed by atoms with E-state index in [-0.39, 0.29) is 12.4 Å². The fraction of sp³-hybridized carbons (Fsp3) is 0.154. The highest BCUT2D eigenvalue weighted by Gasteiger charge is 2.15. The Morgan fingerprint density at radius 1 is 1.37 bits per heavy atom. The lowest BCUT2D eigenvalue weighted by Gasteiger charge is -2.08. The van der Waals surface area contributed by atoms with Crippen molar-refractivity contribution in [3.8, 4) is 5.75 Å². The van der Waals surface area contributed by atoms with Crippen LogP contribution in [0, 0.1) is 12.7 Å². The molecule has 0 fully saturated rings. The third-order valence-electron chi connectivity index (χ3n) is 2.47. The zero-order valence-electron chi connectivity index (χ0n) is 9.88. The van der Waals surface area contributed by atoms with Gasteiger partial charge in [-0.15, -0.1) is 11.3 Å². The maximum atomic E-state index is 13.1. The molecule has 2 rings (SSSR count). The molecule has 19 heavy (non-hydrogen) atoms. The molecule has 1 heterocycles. The van der Waals surface area contributed by atoms with E-state index in [9.17, 15) is 9.18 Å². The summed E-state index contributed by atoms with van der Waals surface area (Å²) in [7, 11) is 0. The number of ketones is 1. The summed E-state index contributed by atoms with van der Waals surface area (Å²) in [6, 6.07) is 5.66. The lowest BCUT2D eigenvalue weighted by Crippen LogP contribution is -2.11. The van der Waals surface area contributed by atoms with Gasteiger partial charge in [0, 0.05) is 6.07 Å². The van der Waals surface area contributed by atoms with Crippen LogP contribution in [0.1, 0.15) is 15.9 Å². The molecule has 1 aromatic heterocycles. The van der Waals surface area contributed by atoms with E-state index in [1.54, 1.807) is 13.0 Å². The molecule has 0 saturated heterocycles. The minimum Gasteiger partial charge on any atom is -0.485 e. The number of benzene rings is 1. The fourth-order valence-electron chi connectivity index (χ4n) is 1.48. The van der Waals surface area contributed by atoms with Crippen molar-refractivity contribution < 1.29 is 13.9 Å². The van der Waals surface area contributed by atoms with Crippen LogP contribution >= 0.6 is 34.5 Å². The number of ether oxygens (including phenoxy) is 1. The quantitative estimate of drug-likeness (QED) is 0.759. The number of Topliss-reactive ketones (excluding diaryl/α,β-unsaturated/α-hetero) is 1. The molecule has 0 amide bonds. The SMILES string of the molecule is Cc1ccc(F)cc1OCC(=O)c1cc(Cl)sc1Cl. The number of hydrogen-bond donors (Lipinski definition) is 0. The number of aryl methyl sites for hydroxylation is 1. The van der Waals surface area contributed by atoms with E-state index in [1.807, 2.05) is 0 Å². The maximum absolute atomic E-state index is 13.1. The minimum atomic E-state index is -0.412. The van der Waals surface area contributed by atoms with Crippen LogP contribution in [0.2, 0.25) is 8.67 Å². The van der Waals surface area contributed by atoms with Crippen LogP contribution in [-0.2, 0) is 0 Å². The van der Waals surface area contributed by atoms with Gasteiger partial charge in [-0.25, -0.2) is 4.39 Å². The van der Waals surface area contributed by atoms with Crippen LogP contribution in [0.15, 0.2) is 24.3 Å². The molecule has 0 unspecified atom stereocenters. The second-order valence-corrected chi connectivity index (χ2v) is 6.15. The van der Waals surface area contributed by atoms with Gasteiger partial charge >= 0.3 is 0 Å². The summed E-state index contributed by atoms with van der Waals surface area (Å²) in [6.07, 6.45) is 0. The number of thiophene rings is 1. The van der Waals surface area contributed by atoms with Crippen molar-refractivity contribution in [3.63, 3.8) is 0 Å². The van der Waals surface area contributed by atoms with Gasteiger partial charge in [0.1, 0.15) is 15.9 Å². The van der Waals surface area contributed by atoms with Crippen molar-refractivity contribution in [2.45, 2.75) is 6.92 Å². The molecule has 6 heteroatoms. The van der Waals surface area contributed by atoms with Crippen LogP contribution in [0.25, 0.3) is 0 Å².